The Hall–Kier alpha value is -2.62. The van der Waals surface area contributed by atoms with Crippen LogP contribution in [-0.4, -0.2) is 22.3 Å². The summed E-state index contributed by atoms with van der Waals surface area (Å²) < 4.78 is 0. The average molecular weight is 433 g/mol. The van der Waals surface area contributed by atoms with Crippen LogP contribution in [0.3, 0.4) is 0 Å². The maximum Gasteiger partial charge on any atom is 0.255 e. The highest BCUT2D eigenvalue weighted by molar-refractivity contribution is 5.99. The quantitative estimate of drug-likeness (QED) is 0.609. The minimum Gasteiger partial charge on any atom is -0.368 e. The number of rotatable bonds is 7. The minimum absolute atomic E-state index is 0.0793. The minimum atomic E-state index is -0.941. The van der Waals surface area contributed by atoms with E-state index < -0.39 is 5.54 Å². The van der Waals surface area contributed by atoms with Crippen LogP contribution in [0.15, 0.2) is 60.7 Å². The Kier molecular flexibility index (Phi) is 7.29. The second kappa shape index (κ2) is 10.3. The smallest absolute Gasteiger partial charge is 0.255 e. The molecule has 0 unspecified atom stereocenters. The van der Waals surface area contributed by atoms with Crippen LogP contribution in [-0.2, 0) is 11.3 Å². The van der Waals surface area contributed by atoms with Crippen LogP contribution in [0.1, 0.15) is 80.1 Å². The van der Waals surface area contributed by atoms with Crippen LogP contribution in [0.25, 0.3) is 0 Å². The van der Waals surface area contributed by atoms with Crippen LogP contribution in [0.2, 0.25) is 0 Å². The fourth-order valence-corrected chi connectivity index (χ4v) is 6.27. The third-order valence-corrected chi connectivity index (χ3v) is 7.75. The van der Waals surface area contributed by atoms with Gasteiger partial charge in [0.05, 0.1) is 0 Å². The van der Waals surface area contributed by atoms with E-state index in [9.17, 15) is 9.59 Å². The molecule has 0 atom stereocenters. The molecule has 2 aromatic carbocycles. The van der Waals surface area contributed by atoms with Crippen molar-refractivity contribution in [1.82, 2.24) is 4.90 Å². The van der Waals surface area contributed by atoms with Gasteiger partial charge in [0.2, 0.25) is 5.91 Å². The van der Waals surface area contributed by atoms with Gasteiger partial charge in [-0.2, -0.15) is 0 Å². The molecule has 4 heteroatoms. The maximum absolute atomic E-state index is 14.1. The molecule has 0 heterocycles. The zero-order valence-corrected chi connectivity index (χ0v) is 19.0. The van der Waals surface area contributed by atoms with Crippen molar-refractivity contribution < 1.29 is 9.59 Å². The summed E-state index contributed by atoms with van der Waals surface area (Å²) in [6.45, 7) is 0.407. The summed E-state index contributed by atoms with van der Waals surface area (Å²) in [6.07, 6.45) is 10.7. The van der Waals surface area contributed by atoms with Crippen molar-refractivity contribution in [3.05, 3.63) is 71.8 Å². The molecule has 4 rings (SSSR count). The van der Waals surface area contributed by atoms with Crippen LogP contribution in [0.4, 0.5) is 0 Å². The molecule has 4 nitrogen and oxygen atoms in total. The Labute approximate surface area is 192 Å². The van der Waals surface area contributed by atoms with E-state index in [4.69, 9.17) is 5.73 Å². The van der Waals surface area contributed by atoms with Crippen LogP contribution < -0.4 is 5.73 Å². The number of hydrogen-bond acceptors (Lipinski definition) is 2. The van der Waals surface area contributed by atoms with Gasteiger partial charge in [-0.25, -0.2) is 0 Å². The third-order valence-electron chi connectivity index (χ3n) is 7.75. The zero-order chi connectivity index (χ0) is 22.4. The van der Waals surface area contributed by atoms with Gasteiger partial charge in [0.25, 0.3) is 5.91 Å². The highest BCUT2D eigenvalue weighted by Gasteiger charge is 2.55. The summed E-state index contributed by atoms with van der Waals surface area (Å²) in [5, 5.41) is 0. The van der Waals surface area contributed by atoms with E-state index in [1.165, 1.54) is 12.8 Å². The fourth-order valence-electron chi connectivity index (χ4n) is 6.27. The summed E-state index contributed by atoms with van der Waals surface area (Å²) in [5.41, 5.74) is 7.09. The Morgan fingerprint density at radius 2 is 1.22 bits per heavy atom. The molecule has 2 saturated carbocycles. The zero-order valence-electron chi connectivity index (χ0n) is 19.0. The standard InChI is InChI=1S/C28H36N2O2/c29-27(32)28(24-17-9-3-10-18-24,25-19-11-4-12-20-25)30(21-22-13-5-1-6-14-22)26(31)23-15-7-2-8-16-23/h1-2,5-8,13-16,24-25H,3-4,9-12,17-21H2,(H2,29,32). The van der Waals surface area contributed by atoms with Gasteiger partial charge >= 0.3 is 0 Å². The monoisotopic (exact) mass is 432 g/mol. The van der Waals surface area contributed by atoms with Crippen LogP contribution in [0.5, 0.6) is 0 Å². The van der Waals surface area contributed by atoms with Crippen molar-refractivity contribution in [2.24, 2.45) is 17.6 Å². The van der Waals surface area contributed by atoms with Crippen molar-refractivity contribution in [3.8, 4) is 0 Å². The van der Waals surface area contributed by atoms with Crippen molar-refractivity contribution in [2.75, 3.05) is 0 Å². The number of benzene rings is 2. The largest absolute Gasteiger partial charge is 0.368 e. The summed E-state index contributed by atoms with van der Waals surface area (Å²) in [5.74, 6) is -0.151. The average Bonchev–Trinajstić information content (AvgIpc) is 2.86. The van der Waals surface area contributed by atoms with Gasteiger partial charge in [0.15, 0.2) is 0 Å². The second-order valence-corrected chi connectivity index (χ2v) is 9.60. The lowest BCUT2D eigenvalue weighted by Gasteiger charge is -2.53. The SMILES string of the molecule is NC(=O)C(C1CCCCC1)(C1CCCCC1)N(Cc1ccccc1)C(=O)c1ccccc1. The molecule has 0 saturated heterocycles. The Morgan fingerprint density at radius 1 is 0.750 bits per heavy atom. The normalized spacial score (nSPS) is 18.2. The van der Waals surface area contributed by atoms with Crippen LogP contribution >= 0.6 is 0 Å². The molecule has 0 aromatic heterocycles. The highest BCUT2D eigenvalue weighted by atomic mass is 16.2. The molecule has 2 amide bonds. The van der Waals surface area contributed by atoms with Gasteiger partial charge in [-0.1, -0.05) is 87.1 Å². The number of carbonyl (C=O) groups is 2. The summed E-state index contributed by atoms with van der Waals surface area (Å²) >= 11 is 0. The predicted octanol–water partition coefficient (Wildman–Crippen LogP) is 5.71. The summed E-state index contributed by atoms with van der Waals surface area (Å²) in [7, 11) is 0. The second-order valence-electron chi connectivity index (χ2n) is 9.60. The predicted molar refractivity (Wildman–Crippen MR) is 128 cm³/mol. The first kappa shape index (κ1) is 22.6. The lowest BCUT2D eigenvalue weighted by atomic mass is 9.62. The van der Waals surface area contributed by atoms with Crippen molar-refractivity contribution in [1.29, 1.82) is 0 Å². The number of hydrogen-bond donors (Lipinski definition) is 1. The van der Waals surface area contributed by atoms with E-state index in [1.54, 1.807) is 0 Å². The van der Waals surface area contributed by atoms with Crippen molar-refractivity contribution >= 4 is 11.8 Å². The molecular formula is C28H36N2O2. The molecule has 0 bridgehead atoms. The first-order valence-electron chi connectivity index (χ1n) is 12.3. The fraction of sp³-hybridized carbons (Fsp3) is 0.500. The van der Waals surface area contributed by atoms with Gasteiger partial charge in [0.1, 0.15) is 5.54 Å². The molecule has 2 aromatic rings. The summed E-state index contributed by atoms with van der Waals surface area (Å²) in [4.78, 5) is 29.6. The van der Waals surface area contributed by atoms with E-state index in [0.29, 0.717) is 12.1 Å². The van der Waals surface area contributed by atoms with E-state index in [-0.39, 0.29) is 23.7 Å². The van der Waals surface area contributed by atoms with Crippen molar-refractivity contribution in [2.45, 2.75) is 76.3 Å². The molecular weight excluding hydrogens is 396 g/mol. The Balaban J connectivity index is 1.85. The third kappa shape index (κ3) is 4.46. The molecule has 2 fully saturated rings. The molecule has 170 valence electrons. The van der Waals surface area contributed by atoms with Crippen molar-refractivity contribution in [3.63, 3.8) is 0 Å². The molecule has 0 spiro atoms. The van der Waals surface area contributed by atoms with E-state index in [2.05, 4.69) is 0 Å². The number of nitrogens with zero attached hydrogens (tertiary/aromatic N) is 1. The summed E-state index contributed by atoms with van der Waals surface area (Å²) in [6, 6.07) is 19.5. The topological polar surface area (TPSA) is 63.4 Å². The van der Waals surface area contributed by atoms with Gasteiger partial charge < -0.3 is 10.6 Å². The molecule has 0 aliphatic heterocycles. The van der Waals surface area contributed by atoms with Gasteiger partial charge in [0, 0.05) is 12.1 Å². The van der Waals surface area contributed by atoms with Gasteiger partial charge in [-0.3, -0.25) is 9.59 Å². The molecule has 2 N–H and O–H groups in total. The number of nitrogens with two attached hydrogens (primary N) is 1. The molecule has 2 aliphatic rings. The highest BCUT2D eigenvalue weighted by Crippen LogP contribution is 2.47. The molecule has 0 radical (unpaired) electrons. The van der Waals surface area contributed by atoms with Crippen LogP contribution in [0, 0.1) is 11.8 Å². The van der Waals surface area contributed by atoms with E-state index in [1.807, 2.05) is 65.6 Å². The Bertz CT molecular complexity index is 866. The first-order valence-corrected chi connectivity index (χ1v) is 12.3. The first-order chi connectivity index (χ1) is 15.6. The molecule has 32 heavy (non-hydrogen) atoms. The number of amides is 2. The van der Waals surface area contributed by atoms with Gasteiger partial charge in [-0.15, -0.1) is 0 Å². The van der Waals surface area contributed by atoms with Gasteiger partial charge in [-0.05, 0) is 55.2 Å². The lowest BCUT2D eigenvalue weighted by Crippen LogP contribution is -2.67. The lowest BCUT2D eigenvalue weighted by molar-refractivity contribution is -0.140. The van der Waals surface area contributed by atoms with E-state index >= 15 is 0 Å². The number of primary amides is 1. The number of carbonyl (C=O) groups excluding carboxylic acids is 2. The Morgan fingerprint density at radius 3 is 1.69 bits per heavy atom. The van der Waals surface area contributed by atoms with E-state index in [0.717, 1.165) is 56.9 Å². The maximum atomic E-state index is 14.1. The molecule has 2 aliphatic carbocycles.